The fourth-order valence-corrected chi connectivity index (χ4v) is 2.67. The smallest absolute Gasteiger partial charge is 0.418 e. The lowest BCUT2D eigenvalue weighted by Crippen LogP contribution is -2.48. The number of ether oxygens (including phenoxy) is 1. The first-order valence-electron chi connectivity index (χ1n) is 5.79. The third kappa shape index (κ3) is 1.64. The van der Waals surface area contributed by atoms with E-state index >= 15 is 0 Å². The highest BCUT2D eigenvalue weighted by Crippen LogP contribution is 2.59. The summed E-state index contributed by atoms with van der Waals surface area (Å²) in [7, 11) is 0. The first-order valence-corrected chi connectivity index (χ1v) is 5.79. The molecule has 0 spiro atoms. The number of nitrogen functional groups attached to an aromatic ring is 1. The molecule has 1 aromatic carbocycles. The van der Waals surface area contributed by atoms with E-state index in [4.69, 9.17) is 16.2 Å². The number of nitrogens with zero attached hydrogens (tertiary/aromatic N) is 1. The van der Waals surface area contributed by atoms with Crippen LogP contribution in [0.3, 0.4) is 0 Å². The van der Waals surface area contributed by atoms with Gasteiger partial charge in [-0.25, -0.2) is 4.99 Å². The summed E-state index contributed by atoms with van der Waals surface area (Å²) in [5.41, 5.74) is 8.92. The van der Waals surface area contributed by atoms with Gasteiger partial charge < -0.3 is 16.2 Å². The minimum Gasteiger partial charge on any atom is -0.462 e. The molecule has 1 aromatic rings. The number of benzene rings is 1. The third-order valence-electron chi connectivity index (χ3n) is 3.59. The van der Waals surface area contributed by atoms with Crippen molar-refractivity contribution in [2.75, 3.05) is 5.73 Å². The van der Waals surface area contributed by atoms with Gasteiger partial charge in [-0.15, -0.1) is 0 Å². The molecule has 0 aromatic heterocycles. The van der Waals surface area contributed by atoms with Crippen LogP contribution in [0.25, 0.3) is 0 Å². The Morgan fingerprint density at radius 1 is 1.32 bits per heavy atom. The molecule has 1 aliphatic heterocycles. The quantitative estimate of drug-likeness (QED) is 0.764. The van der Waals surface area contributed by atoms with Crippen molar-refractivity contribution in [2.24, 2.45) is 16.6 Å². The second kappa shape index (κ2) is 3.55. The number of aliphatic imine (C=N–C) groups is 1. The first-order chi connectivity index (χ1) is 8.84. The average molecular weight is 271 g/mol. The predicted molar refractivity (Wildman–Crippen MR) is 63.2 cm³/mol. The molecule has 1 unspecified atom stereocenters. The predicted octanol–water partition coefficient (Wildman–Crippen LogP) is 1.76. The monoisotopic (exact) mass is 271 g/mol. The maximum Gasteiger partial charge on any atom is 0.418 e. The number of alkyl halides is 3. The Hall–Kier alpha value is -1.92. The molecule has 0 bridgehead atoms. The van der Waals surface area contributed by atoms with E-state index in [0.717, 1.165) is 0 Å². The van der Waals surface area contributed by atoms with Gasteiger partial charge >= 0.3 is 6.18 Å². The van der Waals surface area contributed by atoms with Crippen LogP contribution in [-0.4, -0.2) is 18.3 Å². The summed E-state index contributed by atoms with van der Waals surface area (Å²) in [6.07, 6.45) is -4.77. The summed E-state index contributed by atoms with van der Waals surface area (Å²) in [5, 5.41) is 0. The molecule has 0 radical (unpaired) electrons. The minimum atomic E-state index is -4.55. The molecule has 4 nitrogen and oxygen atoms in total. The summed E-state index contributed by atoms with van der Waals surface area (Å²) in [6.45, 7) is 0. The number of nitrogens with two attached hydrogens (primary N) is 2. The van der Waals surface area contributed by atoms with Gasteiger partial charge in [-0.2, -0.15) is 13.2 Å². The van der Waals surface area contributed by atoms with Crippen molar-refractivity contribution >= 4 is 11.7 Å². The zero-order valence-electron chi connectivity index (χ0n) is 9.82. The molecular formula is C12H12F3N3O. The highest BCUT2D eigenvalue weighted by Gasteiger charge is 2.70. The number of fused-ring (bicyclic) bond motifs is 1. The lowest BCUT2D eigenvalue weighted by molar-refractivity contribution is -0.200. The molecule has 0 saturated heterocycles. The van der Waals surface area contributed by atoms with Gasteiger partial charge in [0, 0.05) is 11.6 Å². The molecule has 19 heavy (non-hydrogen) atoms. The van der Waals surface area contributed by atoms with Crippen LogP contribution in [0, 0.1) is 5.92 Å². The van der Waals surface area contributed by atoms with E-state index in [-0.39, 0.29) is 11.3 Å². The summed E-state index contributed by atoms with van der Waals surface area (Å²) in [6, 6.07) is 5.27. The number of hydrogen-bond donors (Lipinski definition) is 2. The van der Waals surface area contributed by atoms with E-state index in [2.05, 4.69) is 4.99 Å². The van der Waals surface area contributed by atoms with Gasteiger partial charge in [0.1, 0.15) is 6.10 Å². The fourth-order valence-electron chi connectivity index (χ4n) is 2.67. The van der Waals surface area contributed by atoms with Crippen LogP contribution in [0.5, 0.6) is 0 Å². The van der Waals surface area contributed by atoms with E-state index in [0.29, 0.717) is 6.42 Å². The molecule has 3 atom stereocenters. The number of halogens is 3. The van der Waals surface area contributed by atoms with Crippen LogP contribution in [0.15, 0.2) is 29.3 Å². The van der Waals surface area contributed by atoms with E-state index in [1.54, 1.807) is 0 Å². The molecule has 1 aliphatic carbocycles. The van der Waals surface area contributed by atoms with Crippen molar-refractivity contribution in [3.63, 3.8) is 0 Å². The molecule has 7 heteroatoms. The van der Waals surface area contributed by atoms with Crippen molar-refractivity contribution in [2.45, 2.75) is 24.2 Å². The van der Waals surface area contributed by atoms with Gasteiger partial charge in [0.2, 0.25) is 0 Å². The SMILES string of the molecule is NC1=N[C@](c2cccc(N)c2)(C(F)(F)F)C2C[C@@H]2O1. The molecule has 2 aliphatic rings. The van der Waals surface area contributed by atoms with Crippen LogP contribution >= 0.6 is 0 Å². The largest absolute Gasteiger partial charge is 0.462 e. The molecule has 0 amide bonds. The van der Waals surface area contributed by atoms with Crippen LogP contribution in [0.1, 0.15) is 12.0 Å². The molecule has 1 fully saturated rings. The van der Waals surface area contributed by atoms with Crippen molar-refractivity contribution in [1.82, 2.24) is 0 Å². The standard InChI is InChI=1S/C12H12F3N3O/c13-12(14,15)11(6-2-1-3-7(16)4-6)8-5-9(8)19-10(17)18-11/h1-4,8-9H,5,16H2,(H2,17,18)/t8?,9-,11-/m0/s1. The van der Waals surface area contributed by atoms with Crippen molar-refractivity contribution in [3.8, 4) is 0 Å². The van der Waals surface area contributed by atoms with Crippen LogP contribution < -0.4 is 11.5 Å². The minimum absolute atomic E-state index is 0.0127. The zero-order valence-corrected chi connectivity index (χ0v) is 9.82. The second-order valence-corrected chi connectivity index (χ2v) is 4.84. The van der Waals surface area contributed by atoms with E-state index in [1.807, 2.05) is 0 Å². The molecule has 102 valence electrons. The Morgan fingerprint density at radius 3 is 2.68 bits per heavy atom. The number of anilines is 1. The van der Waals surface area contributed by atoms with Crippen molar-refractivity contribution in [1.29, 1.82) is 0 Å². The first kappa shape index (κ1) is 12.1. The summed E-state index contributed by atoms with van der Waals surface area (Å²) in [5.74, 6) is -0.735. The highest BCUT2D eigenvalue weighted by molar-refractivity contribution is 5.74. The van der Waals surface area contributed by atoms with Gasteiger partial charge in [0.25, 0.3) is 6.02 Å². The Kier molecular flexibility index (Phi) is 2.27. The lowest BCUT2D eigenvalue weighted by atomic mass is 9.84. The fraction of sp³-hybridized carbons (Fsp3) is 0.417. The maximum absolute atomic E-state index is 13.6. The topological polar surface area (TPSA) is 73.6 Å². The zero-order chi connectivity index (χ0) is 13.8. The van der Waals surface area contributed by atoms with Crippen molar-refractivity contribution < 1.29 is 17.9 Å². The number of amidine groups is 1. The molecular weight excluding hydrogens is 259 g/mol. The van der Waals surface area contributed by atoms with Crippen LogP contribution in [0.4, 0.5) is 18.9 Å². The highest BCUT2D eigenvalue weighted by atomic mass is 19.4. The van der Waals surface area contributed by atoms with Crippen LogP contribution in [-0.2, 0) is 10.3 Å². The summed E-state index contributed by atoms with van der Waals surface area (Å²) >= 11 is 0. The van der Waals surface area contributed by atoms with Gasteiger partial charge in [0.05, 0.1) is 0 Å². The maximum atomic E-state index is 13.6. The Morgan fingerprint density at radius 2 is 2.05 bits per heavy atom. The van der Waals surface area contributed by atoms with Gasteiger partial charge in [-0.05, 0) is 24.1 Å². The lowest BCUT2D eigenvalue weighted by Gasteiger charge is -2.35. The summed E-state index contributed by atoms with van der Waals surface area (Å²) < 4.78 is 45.9. The van der Waals surface area contributed by atoms with Gasteiger partial charge in [-0.3, -0.25) is 0 Å². The van der Waals surface area contributed by atoms with E-state index in [1.165, 1.54) is 24.3 Å². The third-order valence-corrected chi connectivity index (χ3v) is 3.59. The summed E-state index contributed by atoms with van der Waals surface area (Å²) in [4.78, 5) is 3.61. The molecule has 3 rings (SSSR count). The number of rotatable bonds is 1. The van der Waals surface area contributed by atoms with E-state index in [9.17, 15) is 13.2 Å². The van der Waals surface area contributed by atoms with Crippen molar-refractivity contribution in [3.05, 3.63) is 29.8 Å². The Bertz CT molecular complexity index is 557. The molecule has 1 saturated carbocycles. The molecule has 4 N–H and O–H groups in total. The normalized spacial score (nSPS) is 33.1. The van der Waals surface area contributed by atoms with E-state index < -0.39 is 29.8 Å². The second-order valence-electron chi connectivity index (χ2n) is 4.84. The van der Waals surface area contributed by atoms with Gasteiger partial charge in [-0.1, -0.05) is 12.1 Å². The Labute approximate surface area is 107 Å². The molecule has 1 heterocycles. The van der Waals surface area contributed by atoms with Gasteiger partial charge in [0.15, 0.2) is 5.54 Å². The average Bonchev–Trinajstić information content (AvgIpc) is 3.05. The van der Waals surface area contributed by atoms with Crippen LogP contribution in [0.2, 0.25) is 0 Å². The Balaban J connectivity index is 2.21. The number of hydrogen-bond acceptors (Lipinski definition) is 4.